The number of hydrogen-bond acceptors (Lipinski definition) is 2. The third-order valence-corrected chi connectivity index (χ3v) is 1.96. The molecular weight excluding hydrogens is 164 g/mol. The highest BCUT2D eigenvalue weighted by Crippen LogP contribution is 2.14. The average Bonchev–Trinajstić information content (AvgIpc) is 2.17. The zero-order valence-corrected chi connectivity index (χ0v) is 7.45. The smallest absolute Gasteiger partial charge is 0.204 e. The van der Waals surface area contributed by atoms with E-state index in [1.807, 2.05) is 30.3 Å². The number of carbonyl (C=O) groups excluding carboxylic acids is 1. The third-order valence-electron chi connectivity index (χ3n) is 1.96. The number of nitrogens with two attached hydrogens (primary N) is 1. The van der Waals surface area contributed by atoms with Gasteiger partial charge >= 0.3 is 0 Å². The number of hydrogen-bond donors (Lipinski definition) is 2. The second-order valence-corrected chi connectivity index (χ2v) is 2.91. The summed E-state index contributed by atoms with van der Waals surface area (Å²) in [6.07, 6.45) is 0. The number of benzene rings is 1. The van der Waals surface area contributed by atoms with Gasteiger partial charge in [-0.1, -0.05) is 37.3 Å². The quantitative estimate of drug-likeness (QED) is 0.538. The summed E-state index contributed by atoms with van der Waals surface area (Å²) in [7, 11) is 0. The molecule has 0 amide bonds. The van der Waals surface area contributed by atoms with Gasteiger partial charge in [-0.05, 0) is 5.56 Å². The summed E-state index contributed by atoms with van der Waals surface area (Å²) >= 11 is 0. The number of Topliss-reactive ketones (excluding diaryl/α,β-unsaturated/α-hetero) is 1. The lowest BCUT2D eigenvalue weighted by Crippen LogP contribution is -2.26. The Kier molecular flexibility index (Phi) is 2.80. The third kappa shape index (κ3) is 2.15. The second kappa shape index (κ2) is 3.85. The molecule has 1 rings (SSSR count). The fourth-order valence-electron chi connectivity index (χ4n) is 1.13. The van der Waals surface area contributed by atoms with Crippen LogP contribution in [0, 0.1) is 5.41 Å². The molecule has 3 N–H and O–H groups in total. The van der Waals surface area contributed by atoms with Crippen LogP contribution >= 0.6 is 0 Å². The van der Waals surface area contributed by atoms with E-state index < -0.39 is 0 Å². The summed E-state index contributed by atoms with van der Waals surface area (Å²) in [6.45, 7) is 1.75. The van der Waals surface area contributed by atoms with Crippen molar-refractivity contribution in [1.29, 1.82) is 5.41 Å². The molecule has 0 fully saturated rings. The van der Waals surface area contributed by atoms with Crippen molar-refractivity contribution in [3.8, 4) is 0 Å². The van der Waals surface area contributed by atoms with Gasteiger partial charge in [-0.15, -0.1) is 0 Å². The molecule has 3 heteroatoms. The standard InChI is InChI=1S/C10H12N2O/c1-7(9(13)10(11)12)8-5-3-2-4-6-8/h2-7H,1H3,(H3,11,12). The molecule has 0 heterocycles. The molecule has 0 aliphatic carbocycles. The molecule has 3 nitrogen and oxygen atoms in total. The molecule has 0 aliphatic heterocycles. The molecule has 1 aromatic rings. The van der Waals surface area contributed by atoms with Gasteiger partial charge in [0, 0.05) is 5.92 Å². The zero-order chi connectivity index (χ0) is 9.84. The van der Waals surface area contributed by atoms with E-state index in [0.717, 1.165) is 5.56 Å². The normalized spacial score (nSPS) is 12.1. The minimum atomic E-state index is -0.378. The summed E-state index contributed by atoms with van der Waals surface area (Å²) in [5.41, 5.74) is 6.00. The maximum atomic E-state index is 11.3. The van der Waals surface area contributed by atoms with Gasteiger partial charge in [-0.25, -0.2) is 0 Å². The van der Waals surface area contributed by atoms with Crippen molar-refractivity contribution in [3.05, 3.63) is 35.9 Å². The van der Waals surface area contributed by atoms with Crippen molar-refractivity contribution in [1.82, 2.24) is 0 Å². The highest BCUT2D eigenvalue weighted by molar-refractivity contribution is 6.38. The van der Waals surface area contributed by atoms with E-state index in [2.05, 4.69) is 0 Å². The first-order valence-corrected chi connectivity index (χ1v) is 4.06. The van der Waals surface area contributed by atoms with Crippen molar-refractivity contribution in [3.63, 3.8) is 0 Å². The van der Waals surface area contributed by atoms with Crippen molar-refractivity contribution in [2.24, 2.45) is 5.73 Å². The molecule has 0 bridgehead atoms. The Morgan fingerprint density at radius 1 is 1.38 bits per heavy atom. The van der Waals surface area contributed by atoms with Gasteiger partial charge in [0.1, 0.15) is 0 Å². The fourth-order valence-corrected chi connectivity index (χ4v) is 1.13. The Morgan fingerprint density at radius 2 is 1.92 bits per heavy atom. The van der Waals surface area contributed by atoms with Crippen LogP contribution in [0.3, 0.4) is 0 Å². The molecule has 1 unspecified atom stereocenters. The van der Waals surface area contributed by atoms with E-state index in [0.29, 0.717) is 0 Å². The largest absolute Gasteiger partial charge is 0.381 e. The van der Waals surface area contributed by atoms with Crippen molar-refractivity contribution >= 4 is 11.6 Å². The number of nitrogens with one attached hydrogen (secondary N) is 1. The highest BCUT2D eigenvalue weighted by atomic mass is 16.1. The monoisotopic (exact) mass is 176 g/mol. The molecule has 0 aromatic heterocycles. The number of amidine groups is 1. The predicted molar refractivity (Wildman–Crippen MR) is 51.8 cm³/mol. The molecule has 1 atom stereocenters. The molecule has 0 saturated heterocycles. The topological polar surface area (TPSA) is 66.9 Å². The Bertz CT molecular complexity index is 319. The Balaban J connectivity index is 2.86. The van der Waals surface area contributed by atoms with Crippen LogP contribution in [-0.4, -0.2) is 11.6 Å². The molecule has 0 saturated carbocycles. The first kappa shape index (κ1) is 9.45. The van der Waals surface area contributed by atoms with Crippen molar-refractivity contribution in [2.45, 2.75) is 12.8 Å². The molecule has 0 radical (unpaired) electrons. The summed E-state index contributed by atoms with van der Waals surface area (Å²) in [5, 5.41) is 7.01. The van der Waals surface area contributed by atoms with E-state index in [-0.39, 0.29) is 17.5 Å². The first-order valence-electron chi connectivity index (χ1n) is 4.06. The summed E-state index contributed by atoms with van der Waals surface area (Å²) in [4.78, 5) is 11.3. The molecular formula is C10H12N2O. The minimum Gasteiger partial charge on any atom is -0.381 e. The van der Waals surface area contributed by atoms with Gasteiger partial charge in [0.25, 0.3) is 0 Å². The molecule has 0 spiro atoms. The lowest BCUT2D eigenvalue weighted by Gasteiger charge is -2.08. The molecule has 13 heavy (non-hydrogen) atoms. The maximum absolute atomic E-state index is 11.3. The summed E-state index contributed by atoms with van der Waals surface area (Å²) < 4.78 is 0. The SMILES string of the molecule is CC(C(=O)C(=N)N)c1ccccc1. The van der Waals surface area contributed by atoms with Gasteiger partial charge in [0.15, 0.2) is 5.84 Å². The van der Waals surface area contributed by atoms with Crippen LogP contribution in [0.1, 0.15) is 18.4 Å². The van der Waals surface area contributed by atoms with E-state index in [4.69, 9.17) is 11.1 Å². The van der Waals surface area contributed by atoms with Crippen molar-refractivity contribution < 1.29 is 4.79 Å². The van der Waals surface area contributed by atoms with Crippen molar-refractivity contribution in [2.75, 3.05) is 0 Å². The van der Waals surface area contributed by atoms with Crippen LogP contribution in [-0.2, 0) is 4.79 Å². The first-order chi connectivity index (χ1) is 6.13. The second-order valence-electron chi connectivity index (χ2n) is 2.91. The molecule has 1 aromatic carbocycles. The van der Waals surface area contributed by atoms with Crippen LogP contribution in [0.15, 0.2) is 30.3 Å². The van der Waals surface area contributed by atoms with Crippen LogP contribution in [0.4, 0.5) is 0 Å². The summed E-state index contributed by atoms with van der Waals surface area (Å²) in [5.74, 6) is -1.03. The highest BCUT2D eigenvalue weighted by Gasteiger charge is 2.16. The lowest BCUT2D eigenvalue weighted by atomic mass is 9.96. The number of ketones is 1. The van der Waals surface area contributed by atoms with Gasteiger partial charge in [-0.3, -0.25) is 10.2 Å². The van der Waals surface area contributed by atoms with Crippen LogP contribution in [0.5, 0.6) is 0 Å². The van der Waals surface area contributed by atoms with Gasteiger partial charge in [0.05, 0.1) is 0 Å². The Hall–Kier alpha value is -1.64. The fraction of sp³-hybridized carbons (Fsp3) is 0.200. The number of rotatable bonds is 3. The zero-order valence-electron chi connectivity index (χ0n) is 7.45. The summed E-state index contributed by atoms with van der Waals surface area (Å²) in [6, 6.07) is 9.31. The van der Waals surface area contributed by atoms with E-state index in [1.54, 1.807) is 6.92 Å². The Morgan fingerprint density at radius 3 is 2.38 bits per heavy atom. The molecule has 68 valence electrons. The van der Waals surface area contributed by atoms with Gasteiger partial charge in [-0.2, -0.15) is 0 Å². The lowest BCUT2D eigenvalue weighted by molar-refractivity contribution is -0.114. The van der Waals surface area contributed by atoms with Gasteiger partial charge in [0.2, 0.25) is 5.78 Å². The van der Waals surface area contributed by atoms with Gasteiger partial charge < -0.3 is 5.73 Å². The maximum Gasteiger partial charge on any atom is 0.204 e. The van der Waals surface area contributed by atoms with Crippen LogP contribution < -0.4 is 5.73 Å². The molecule has 0 aliphatic rings. The Labute approximate surface area is 77.1 Å². The predicted octanol–water partition coefficient (Wildman–Crippen LogP) is 1.30. The number of carbonyl (C=O) groups is 1. The minimum absolute atomic E-state index is 0.321. The van der Waals surface area contributed by atoms with E-state index in [1.165, 1.54) is 0 Å². The van der Waals surface area contributed by atoms with Crippen LogP contribution in [0.25, 0.3) is 0 Å². The van der Waals surface area contributed by atoms with E-state index in [9.17, 15) is 4.79 Å². The van der Waals surface area contributed by atoms with E-state index >= 15 is 0 Å². The van der Waals surface area contributed by atoms with Crippen LogP contribution in [0.2, 0.25) is 0 Å². The average molecular weight is 176 g/mol.